The van der Waals surface area contributed by atoms with Gasteiger partial charge < -0.3 is 4.74 Å². The molecule has 2 aliphatic carbocycles. The number of hydrogen-bond donors (Lipinski definition) is 0. The molecular formula is C15H16O. The molecule has 16 heavy (non-hydrogen) atoms. The minimum Gasteiger partial charge on any atom is -0.458 e. The van der Waals surface area contributed by atoms with Crippen LogP contribution in [0.5, 0.6) is 5.75 Å². The third-order valence-corrected chi connectivity index (χ3v) is 3.21. The van der Waals surface area contributed by atoms with Gasteiger partial charge in [-0.25, -0.2) is 0 Å². The molecule has 0 saturated heterocycles. The molecule has 3 rings (SSSR count). The number of ether oxygens (including phenoxy) is 1. The zero-order valence-corrected chi connectivity index (χ0v) is 9.73. The minimum absolute atomic E-state index is 0.742. The molecule has 0 aliphatic heterocycles. The first-order valence-electron chi connectivity index (χ1n) is 5.87. The molecule has 82 valence electrons. The van der Waals surface area contributed by atoms with Crippen molar-refractivity contribution in [3.63, 3.8) is 0 Å². The van der Waals surface area contributed by atoms with Gasteiger partial charge in [0.1, 0.15) is 11.5 Å². The lowest BCUT2D eigenvalue weighted by Crippen LogP contribution is -1.97. The van der Waals surface area contributed by atoms with Crippen LogP contribution in [0.3, 0.4) is 0 Å². The van der Waals surface area contributed by atoms with E-state index < -0.39 is 0 Å². The summed E-state index contributed by atoms with van der Waals surface area (Å²) in [5, 5.41) is 0. The summed E-state index contributed by atoms with van der Waals surface area (Å²) in [6, 6.07) is 6.33. The lowest BCUT2D eigenvalue weighted by molar-refractivity contribution is 0.437. The molecule has 0 bridgehead atoms. The van der Waals surface area contributed by atoms with E-state index in [0.29, 0.717) is 0 Å². The van der Waals surface area contributed by atoms with Crippen molar-refractivity contribution in [2.24, 2.45) is 11.8 Å². The summed E-state index contributed by atoms with van der Waals surface area (Å²) in [4.78, 5) is 0. The van der Waals surface area contributed by atoms with Crippen LogP contribution < -0.4 is 4.74 Å². The molecule has 2 unspecified atom stereocenters. The first-order valence-corrected chi connectivity index (χ1v) is 5.87. The molecule has 0 N–H and O–H groups in total. The van der Waals surface area contributed by atoms with E-state index in [4.69, 9.17) is 4.74 Å². The van der Waals surface area contributed by atoms with Crippen molar-refractivity contribution in [1.82, 2.24) is 0 Å². The number of hydrogen-bond acceptors (Lipinski definition) is 1. The van der Waals surface area contributed by atoms with Gasteiger partial charge in [0.05, 0.1) is 0 Å². The number of fused-ring (bicyclic) bond motifs is 1. The van der Waals surface area contributed by atoms with Gasteiger partial charge in [0.15, 0.2) is 0 Å². The Morgan fingerprint density at radius 1 is 1.06 bits per heavy atom. The van der Waals surface area contributed by atoms with Gasteiger partial charge in [0.25, 0.3) is 0 Å². The highest BCUT2D eigenvalue weighted by Crippen LogP contribution is 2.44. The maximum atomic E-state index is 5.89. The first-order chi connectivity index (χ1) is 7.70. The quantitative estimate of drug-likeness (QED) is 0.725. The maximum Gasteiger partial charge on any atom is 0.127 e. The van der Waals surface area contributed by atoms with Crippen LogP contribution in [0, 0.1) is 25.7 Å². The largest absolute Gasteiger partial charge is 0.458 e. The number of allylic oxidation sites excluding steroid dienone is 3. The Kier molecular flexibility index (Phi) is 2.13. The van der Waals surface area contributed by atoms with Crippen LogP contribution in [-0.2, 0) is 0 Å². The average Bonchev–Trinajstić information content (AvgIpc) is 2.93. The molecule has 0 amide bonds. The summed E-state index contributed by atoms with van der Waals surface area (Å²) in [6.07, 6.45) is 7.92. The third kappa shape index (κ3) is 1.90. The molecule has 0 radical (unpaired) electrons. The van der Waals surface area contributed by atoms with Gasteiger partial charge in [-0.3, -0.25) is 0 Å². The minimum atomic E-state index is 0.742. The van der Waals surface area contributed by atoms with Crippen LogP contribution in [0.25, 0.3) is 0 Å². The smallest absolute Gasteiger partial charge is 0.127 e. The Labute approximate surface area is 96.4 Å². The van der Waals surface area contributed by atoms with Crippen molar-refractivity contribution in [2.75, 3.05) is 0 Å². The summed E-state index contributed by atoms with van der Waals surface area (Å²) in [5.74, 6) is 3.49. The van der Waals surface area contributed by atoms with E-state index in [0.717, 1.165) is 23.3 Å². The van der Waals surface area contributed by atoms with Crippen molar-refractivity contribution in [3.8, 4) is 5.75 Å². The predicted octanol–water partition coefficient (Wildman–Crippen LogP) is 3.77. The van der Waals surface area contributed by atoms with Crippen molar-refractivity contribution >= 4 is 0 Å². The summed E-state index contributed by atoms with van der Waals surface area (Å²) in [7, 11) is 0. The molecule has 1 heteroatoms. The van der Waals surface area contributed by atoms with Gasteiger partial charge in [-0.2, -0.15) is 0 Å². The molecule has 0 spiro atoms. The molecule has 1 fully saturated rings. The van der Waals surface area contributed by atoms with Crippen LogP contribution >= 0.6 is 0 Å². The van der Waals surface area contributed by atoms with Gasteiger partial charge in [0, 0.05) is 0 Å². The summed E-state index contributed by atoms with van der Waals surface area (Å²) < 4.78 is 5.89. The molecule has 2 aliphatic rings. The molecule has 0 heterocycles. The van der Waals surface area contributed by atoms with Gasteiger partial charge >= 0.3 is 0 Å². The van der Waals surface area contributed by atoms with Crippen molar-refractivity contribution < 1.29 is 4.74 Å². The maximum absolute atomic E-state index is 5.89. The highest BCUT2D eigenvalue weighted by molar-refractivity contribution is 5.36. The monoisotopic (exact) mass is 212 g/mol. The fourth-order valence-electron chi connectivity index (χ4n) is 2.33. The van der Waals surface area contributed by atoms with E-state index in [1.807, 2.05) is 0 Å². The van der Waals surface area contributed by atoms with Crippen LogP contribution in [0.2, 0.25) is 0 Å². The van der Waals surface area contributed by atoms with Gasteiger partial charge in [-0.15, -0.1) is 0 Å². The molecule has 1 aromatic carbocycles. The molecular weight excluding hydrogens is 196 g/mol. The Hall–Kier alpha value is -1.50. The van der Waals surface area contributed by atoms with E-state index in [1.54, 1.807) is 0 Å². The third-order valence-electron chi connectivity index (χ3n) is 3.21. The van der Waals surface area contributed by atoms with E-state index in [1.165, 1.54) is 17.5 Å². The van der Waals surface area contributed by atoms with Gasteiger partial charge in [-0.1, -0.05) is 12.1 Å². The predicted molar refractivity (Wildman–Crippen MR) is 65.4 cm³/mol. The Balaban J connectivity index is 1.81. The van der Waals surface area contributed by atoms with Crippen molar-refractivity contribution in [3.05, 3.63) is 53.3 Å². The fraction of sp³-hybridized carbons (Fsp3) is 0.333. The van der Waals surface area contributed by atoms with Crippen LogP contribution in [-0.4, -0.2) is 0 Å². The average molecular weight is 212 g/mol. The Morgan fingerprint density at radius 2 is 1.81 bits per heavy atom. The summed E-state index contributed by atoms with van der Waals surface area (Å²) in [5.41, 5.74) is 2.50. The van der Waals surface area contributed by atoms with Gasteiger partial charge in [-0.05, 0) is 67.5 Å². The number of benzene rings is 1. The Bertz CT molecular complexity index is 462. The SMILES string of the molecule is Cc1cc(C)cc(OC2=CC3CC3C=C2)c1. The lowest BCUT2D eigenvalue weighted by atomic mass is 10.1. The van der Waals surface area contributed by atoms with Crippen molar-refractivity contribution in [1.29, 1.82) is 0 Å². The van der Waals surface area contributed by atoms with Crippen molar-refractivity contribution in [2.45, 2.75) is 20.3 Å². The second-order valence-corrected chi connectivity index (χ2v) is 4.92. The zero-order valence-electron chi connectivity index (χ0n) is 9.73. The van der Waals surface area contributed by atoms with E-state index >= 15 is 0 Å². The molecule has 1 nitrogen and oxygen atoms in total. The first kappa shape index (κ1) is 9.71. The summed E-state index contributed by atoms with van der Waals surface area (Å²) in [6.45, 7) is 4.20. The second-order valence-electron chi connectivity index (χ2n) is 4.92. The Morgan fingerprint density at radius 3 is 2.50 bits per heavy atom. The lowest BCUT2D eigenvalue weighted by Gasteiger charge is -2.10. The number of rotatable bonds is 2. The van der Waals surface area contributed by atoms with E-state index in [-0.39, 0.29) is 0 Å². The van der Waals surface area contributed by atoms with Crippen LogP contribution in [0.15, 0.2) is 42.2 Å². The van der Waals surface area contributed by atoms with E-state index in [2.05, 4.69) is 50.3 Å². The fourth-order valence-corrected chi connectivity index (χ4v) is 2.33. The highest BCUT2D eigenvalue weighted by Gasteiger charge is 2.35. The molecule has 1 saturated carbocycles. The van der Waals surface area contributed by atoms with Crippen LogP contribution in [0.1, 0.15) is 17.5 Å². The van der Waals surface area contributed by atoms with Crippen LogP contribution in [0.4, 0.5) is 0 Å². The molecule has 2 atom stereocenters. The molecule has 1 aromatic rings. The highest BCUT2D eigenvalue weighted by atomic mass is 16.5. The topological polar surface area (TPSA) is 9.23 Å². The zero-order chi connectivity index (χ0) is 11.1. The number of aryl methyl sites for hydroxylation is 2. The second kappa shape index (κ2) is 3.51. The normalized spacial score (nSPS) is 26.0. The standard InChI is InChI=1S/C15H16O/c1-10-5-11(2)7-15(6-10)16-14-4-3-12-8-13(12)9-14/h3-7,9,12-13H,8H2,1-2H3. The summed E-state index contributed by atoms with van der Waals surface area (Å²) >= 11 is 0. The van der Waals surface area contributed by atoms with Gasteiger partial charge in [0.2, 0.25) is 0 Å². The van der Waals surface area contributed by atoms with E-state index in [9.17, 15) is 0 Å². The molecule has 0 aromatic heterocycles.